The number of carbonyl (C=O) groups excluding carboxylic acids is 1. The molecule has 1 aliphatic carbocycles. The third-order valence-corrected chi connectivity index (χ3v) is 3.77. The maximum absolute atomic E-state index is 11.9. The van der Waals surface area contributed by atoms with Crippen LogP contribution in [0.2, 0.25) is 0 Å². The minimum Gasteiger partial charge on any atom is -0.399 e. The fraction of sp³-hybridized carbons (Fsp3) is 0.500. The first-order chi connectivity index (χ1) is 8.00. The molecule has 1 aliphatic rings. The zero-order valence-corrected chi connectivity index (χ0v) is 10.5. The second-order valence-corrected chi connectivity index (χ2v) is 5.42. The number of nitrogens with one attached hydrogen (secondary N) is 1. The van der Waals surface area contributed by atoms with Gasteiger partial charge in [0.2, 0.25) is 0 Å². The fourth-order valence-corrected chi connectivity index (χ4v) is 2.17. The second-order valence-electron chi connectivity index (χ2n) is 5.42. The Morgan fingerprint density at radius 3 is 2.71 bits per heavy atom. The van der Waals surface area contributed by atoms with Crippen molar-refractivity contribution in [3.05, 3.63) is 29.3 Å². The Balaban J connectivity index is 1.97. The van der Waals surface area contributed by atoms with Gasteiger partial charge in [0, 0.05) is 17.8 Å². The van der Waals surface area contributed by atoms with E-state index in [0.29, 0.717) is 11.0 Å². The topological polar surface area (TPSA) is 55.1 Å². The average molecular weight is 232 g/mol. The second kappa shape index (κ2) is 4.40. The number of hydrogen-bond donors (Lipinski definition) is 2. The lowest BCUT2D eigenvalue weighted by atomic mass is 9.70. The molecule has 0 aliphatic heterocycles. The standard InChI is InChI=1S/C14H20N2O/c1-10-8-11(4-5-12(10)15)13(17)16-9-14(2)6-3-7-14/h4-5,8H,3,6-7,9,15H2,1-2H3,(H,16,17). The van der Waals surface area contributed by atoms with Crippen molar-refractivity contribution in [1.29, 1.82) is 0 Å². The lowest BCUT2D eigenvalue weighted by Crippen LogP contribution is -2.39. The maximum Gasteiger partial charge on any atom is 0.251 e. The Morgan fingerprint density at radius 2 is 2.18 bits per heavy atom. The molecule has 3 nitrogen and oxygen atoms in total. The van der Waals surface area contributed by atoms with Gasteiger partial charge in [-0.3, -0.25) is 4.79 Å². The maximum atomic E-state index is 11.9. The summed E-state index contributed by atoms with van der Waals surface area (Å²) in [6.07, 6.45) is 3.72. The normalized spacial score (nSPS) is 17.3. The van der Waals surface area contributed by atoms with Crippen LogP contribution in [0.4, 0.5) is 5.69 Å². The van der Waals surface area contributed by atoms with Crippen molar-refractivity contribution < 1.29 is 4.79 Å². The molecule has 17 heavy (non-hydrogen) atoms. The smallest absolute Gasteiger partial charge is 0.251 e. The van der Waals surface area contributed by atoms with Crippen LogP contribution in [0, 0.1) is 12.3 Å². The lowest BCUT2D eigenvalue weighted by Gasteiger charge is -2.38. The van der Waals surface area contributed by atoms with E-state index in [4.69, 9.17) is 5.73 Å². The van der Waals surface area contributed by atoms with Gasteiger partial charge >= 0.3 is 0 Å². The molecule has 1 fully saturated rings. The third-order valence-electron chi connectivity index (χ3n) is 3.77. The Morgan fingerprint density at radius 1 is 1.47 bits per heavy atom. The Hall–Kier alpha value is -1.51. The molecule has 0 aromatic heterocycles. The van der Waals surface area contributed by atoms with Crippen molar-refractivity contribution in [2.75, 3.05) is 12.3 Å². The number of aryl methyl sites for hydroxylation is 1. The van der Waals surface area contributed by atoms with E-state index in [2.05, 4.69) is 12.2 Å². The number of nitrogens with two attached hydrogens (primary N) is 1. The number of anilines is 1. The van der Waals surface area contributed by atoms with Crippen molar-refractivity contribution in [2.24, 2.45) is 5.41 Å². The zero-order valence-electron chi connectivity index (χ0n) is 10.5. The van der Waals surface area contributed by atoms with Crippen LogP contribution in [0.15, 0.2) is 18.2 Å². The van der Waals surface area contributed by atoms with E-state index in [9.17, 15) is 4.79 Å². The molecule has 0 saturated heterocycles. The minimum absolute atomic E-state index is 0.00113. The summed E-state index contributed by atoms with van der Waals surface area (Å²) in [6, 6.07) is 5.41. The van der Waals surface area contributed by atoms with Gasteiger partial charge < -0.3 is 11.1 Å². The van der Waals surface area contributed by atoms with Gasteiger partial charge in [-0.2, -0.15) is 0 Å². The number of benzene rings is 1. The highest BCUT2D eigenvalue weighted by Crippen LogP contribution is 2.39. The summed E-state index contributed by atoms with van der Waals surface area (Å²) in [4.78, 5) is 11.9. The molecule has 0 heterocycles. The first-order valence-electron chi connectivity index (χ1n) is 6.15. The summed E-state index contributed by atoms with van der Waals surface area (Å²) in [5.41, 5.74) is 8.42. The van der Waals surface area contributed by atoms with Gasteiger partial charge in [-0.25, -0.2) is 0 Å². The van der Waals surface area contributed by atoms with Gasteiger partial charge in [0.05, 0.1) is 0 Å². The molecule has 0 spiro atoms. The summed E-state index contributed by atoms with van der Waals surface area (Å²) in [5, 5.41) is 3.01. The van der Waals surface area contributed by atoms with Crippen molar-refractivity contribution >= 4 is 11.6 Å². The van der Waals surface area contributed by atoms with Crippen LogP contribution in [0.5, 0.6) is 0 Å². The fourth-order valence-electron chi connectivity index (χ4n) is 2.17. The predicted molar refractivity (Wildman–Crippen MR) is 69.9 cm³/mol. The van der Waals surface area contributed by atoms with E-state index in [0.717, 1.165) is 17.8 Å². The molecule has 92 valence electrons. The van der Waals surface area contributed by atoms with Gasteiger partial charge in [0.1, 0.15) is 0 Å². The van der Waals surface area contributed by atoms with E-state index >= 15 is 0 Å². The van der Waals surface area contributed by atoms with Crippen LogP contribution in [-0.4, -0.2) is 12.5 Å². The van der Waals surface area contributed by atoms with Crippen LogP contribution < -0.4 is 11.1 Å². The van der Waals surface area contributed by atoms with Crippen LogP contribution >= 0.6 is 0 Å². The van der Waals surface area contributed by atoms with Crippen molar-refractivity contribution in [3.63, 3.8) is 0 Å². The highest BCUT2D eigenvalue weighted by Gasteiger charge is 2.31. The van der Waals surface area contributed by atoms with E-state index in [-0.39, 0.29) is 5.91 Å². The molecule has 3 heteroatoms. The summed E-state index contributed by atoms with van der Waals surface area (Å²) in [7, 11) is 0. The molecule has 0 atom stereocenters. The molecule has 1 saturated carbocycles. The number of amides is 1. The summed E-state index contributed by atoms with van der Waals surface area (Å²) in [6.45, 7) is 4.92. The Labute approximate surface area is 102 Å². The molecule has 1 aromatic rings. The molecular weight excluding hydrogens is 212 g/mol. The van der Waals surface area contributed by atoms with Crippen LogP contribution in [0.3, 0.4) is 0 Å². The minimum atomic E-state index is 0.00113. The van der Waals surface area contributed by atoms with Gasteiger partial charge in [-0.15, -0.1) is 0 Å². The Kier molecular flexibility index (Phi) is 3.09. The zero-order chi connectivity index (χ0) is 12.5. The number of hydrogen-bond acceptors (Lipinski definition) is 2. The number of carbonyl (C=O) groups is 1. The van der Waals surface area contributed by atoms with Crippen molar-refractivity contribution in [3.8, 4) is 0 Å². The first-order valence-corrected chi connectivity index (χ1v) is 6.15. The molecule has 0 radical (unpaired) electrons. The molecule has 0 bridgehead atoms. The highest BCUT2D eigenvalue weighted by atomic mass is 16.1. The first kappa shape index (κ1) is 12.0. The van der Waals surface area contributed by atoms with Crippen LogP contribution in [0.25, 0.3) is 0 Å². The van der Waals surface area contributed by atoms with Crippen LogP contribution in [-0.2, 0) is 0 Å². The molecule has 1 aromatic carbocycles. The van der Waals surface area contributed by atoms with Gasteiger partial charge in [0.25, 0.3) is 5.91 Å². The third kappa shape index (κ3) is 2.60. The molecule has 2 rings (SSSR count). The predicted octanol–water partition coefficient (Wildman–Crippen LogP) is 2.50. The molecular formula is C14H20N2O. The summed E-state index contributed by atoms with van der Waals surface area (Å²) in [5.74, 6) is 0.00113. The van der Waals surface area contributed by atoms with Crippen LogP contribution in [0.1, 0.15) is 42.1 Å². The van der Waals surface area contributed by atoms with Crippen molar-refractivity contribution in [1.82, 2.24) is 5.32 Å². The number of nitrogen functional groups attached to an aromatic ring is 1. The average Bonchev–Trinajstić information content (AvgIpc) is 2.27. The SMILES string of the molecule is Cc1cc(C(=O)NCC2(C)CCC2)ccc1N. The lowest BCUT2D eigenvalue weighted by molar-refractivity contribution is 0.0891. The molecule has 0 unspecified atom stereocenters. The number of rotatable bonds is 3. The van der Waals surface area contributed by atoms with Gasteiger partial charge in [-0.1, -0.05) is 13.3 Å². The largest absolute Gasteiger partial charge is 0.399 e. The van der Waals surface area contributed by atoms with Crippen molar-refractivity contribution in [2.45, 2.75) is 33.1 Å². The van der Waals surface area contributed by atoms with E-state index in [1.807, 2.05) is 13.0 Å². The Bertz CT molecular complexity index is 436. The molecule has 3 N–H and O–H groups in total. The van der Waals surface area contributed by atoms with Gasteiger partial charge in [0.15, 0.2) is 0 Å². The monoisotopic (exact) mass is 232 g/mol. The van der Waals surface area contributed by atoms with E-state index in [1.54, 1.807) is 12.1 Å². The van der Waals surface area contributed by atoms with E-state index < -0.39 is 0 Å². The summed E-state index contributed by atoms with van der Waals surface area (Å²) < 4.78 is 0. The highest BCUT2D eigenvalue weighted by molar-refractivity contribution is 5.94. The van der Waals surface area contributed by atoms with Gasteiger partial charge in [-0.05, 0) is 48.9 Å². The van der Waals surface area contributed by atoms with E-state index in [1.165, 1.54) is 19.3 Å². The quantitative estimate of drug-likeness (QED) is 0.787. The summed E-state index contributed by atoms with van der Waals surface area (Å²) >= 11 is 0. The molecule has 1 amide bonds.